The minimum Gasteiger partial charge on any atom is -0.462 e. The van der Waals surface area contributed by atoms with Crippen LogP contribution in [-0.4, -0.2) is 37.2 Å². The van der Waals surface area contributed by atoms with Gasteiger partial charge in [-0.05, 0) is 116 Å². The normalized spacial score (nSPS) is 12.9. The van der Waals surface area contributed by atoms with Crippen molar-refractivity contribution in [3.8, 4) is 0 Å². The van der Waals surface area contributed by atoms with Gasteiger partial charge >= 0.3 is 17.9 Å². The zero-order valence-electron chi connectivity index (χ0n) is 53.0. The molecule has 0 heterocycles. The first kappa shape index (κ1) is 76.8. The van der Waals surface area contributed by atoms with Crippen molar-refractivity contribution in [1.82, 2.24) is 0 Å². The minimum absolute atomic E-state index is 0.101. The van der Waals surface area contributed by atoms with Crippen molar-refractivity contribution < 1.29 is 28.6 Å². The van der Waals surface area contributed by atoms with Gasteiger partial charge in [0.1, 0.15) is 13.2 Å². The third kappa shape index (κ3) is 66.5. The Balaban J connectivity index is 4.25. The summed E-state index contributed by atoms with van der Waals surface area (Å²) < 4.78 is 16.9. The first-order chi connectivity index (χ1) is 40.0. The van der Waals surface area contributed by atoms with Gasteiger partial charge in [-0.15, -0.1) is 0 Å². The maximum absolute atomic E-state index is 12.9. The van der Waals surface area contributed by atoms with Crippen LogP contribution >= 0.6 is 0 Å². The molecule has 0 N–H and O–H groups in total. The molecular formula is C75H126O6. The maximum atomic E-state index is 12.9. The quantitative estimate of drug-likeness (QED) is 0.0261. The fourth-order valence-electron chi connectivity index (χ4n) is 9.42. The summed E-state index contributed by atoms with van der Waals surface area (Å²) in [5, 5.41) is 0. The van der Waals surface area contributed by atoms with Crippen molar-refractivity contribution in [2.75, 3.05) is 13.2 Å². The Labute approximate surface area is 501 Å². The average molecular weight is 1120 g/mol. The number of hydrogen-bond acceptors (Lipinski definition) is 6. The molecule has 0 aromatic rings. The lowest BCUT2D eigenvalue weighted by atomic mass is 10.0. The molecule has 0 amide bonds. The second-order valence-electron chi connectivity index (χ2n) is 22.3. The Morgan fingerprint density at radius 1 is 0.259 bits per heavy atom. The molecule has 0 saturated heterocycles. The van der Waals surface area contributed by atoms with E-state index in [4.69, 9.17) is 14.2 Å². The number of allylic oxidation sites excluding steroid dienone is 20. The Morgan fingerprint density at radius 3 is 0.827 bits per heavy atom. The van der Waals surface area contributed by atoms with E-state index in [2.05, 4.69) is 136 Å². The summed E-state index contributed by atoms with van der Waals surface area (Å²) in [7, 11) is 0. The smallest absolute Gasteiger partial charge is 0.306 e. The molecule has 0 rings (SSSR count). The van der Waals surface area contributed by atoms with Gasteiger partial charge in [0.2, 0.25) is 0 Å². The van der Waals surface area contributed by atoms with Gasteiger partial charge < -0.3 is 14.2 Å². The van der Waals surface area contributed by atoms with Crippen LogP contribution in [0, 0.1) is 0 Å². The lowest BCUT2D eigenvalue weighted by molar-refractivity contribution is -0.166. The van der Waals surface area contributed by atoms with E-state index in [1.54, 1.807) is 0 Å². The monoisotopic (exact) mass is 1120 g/mol. The lowest BCUT2D eigenvalue weighted by Crippen LogP contribution is -2.30. The highest BCUT2D eigenvalue weighted by Crippen LogP contribution is 2.17. The van der Waals surface area contributed by atoms with Crippen molar-refractivity contribution in [2.45, 2.75) is 322 Å². The summed E-state index contributed by atoms with van der Waals surface area (Å²) in [5.74, 6) is -0.981. The SMILES string of the molecule is CC/C=C\C/C=C\C/C=C\C/C=C\CCCCCCCCCCCCCCCCCCCCC(=O)OCC(COC(=O)CC/C=C\C/C=C\C/C=C\C/C=C\CC)OC(=O)CCCCCCCCCCC/C=C\C/C=C\CCCCC. The van der Waals surface area contributed by atoms with E-state index in [9.17, 15) is 14.4 Å². The van der Waals surface area contributed by atoms with Crippen molar-refractivity contribution in [3.05, 3.63) is 122 Å². The van der Waals surface area contributed by atoms with Crippen LogP contribution in [0.15, 0.2) is 122 Å². The number of ether oxygens (including phenoxy) is 3. The Kier molecular flexibility index (Phi) is 64.8. The molecule has 0 spiro atoms. The molecule has 462 valence electrons. The fourth-order valence-corrected chi connectivity index (χ4v) is 9.42. The zero-order chi connectivity index (χ0) is 58.5. The van der Waals surface area contributed by atoms with Crippen LogP contribution in [0.4, 0.5) is 0 Å². The minimum atomic E-state index is -0.811. The van der Waals surface area contributed by atoms with Crippen LogP contribution in [0.2, 0.25) is 0 Å². The maximum Gasteiger partial charge on any atom is 0.306 e. The lowest BCUT2D eigenvalue weighted by Gasteiger charge is -2.18. The van der Waals surface area contributed by atoms with Crippen LogP contribution < -0.4 is 0 Å². The molecule has 0 aromatic heterocycles. The highest BCUT2D eigenvalue weighted by Gasteiger charge is 2.19. The van der Waals surface area contributed by atoms with Gasteiger partial charge in [-0.2, -0.15) is 0 Å². The van der Waals surface area contributed by atoms with E-state index in [-0.39, 0.29) is 37.5 Å². The molecule has 1 atom stereocenters. The predicted octanol–water partition coefficient (Wildman–Crippen LogP) is 23.6. The number of unbranched alkanes of at least 4 members (excludes halogenated alkanes) is 30. The van der Waals surface area contributed by atoms with E-state index in [0.717, 1.165) is 96.3 Å². The number of carbonyl (C=O) groups excluding carboxylic acids is 3. The second kappa shape index (κ2) is 68.3. The predicted molar refractivity (Wildman–Crippen MR) is 353 cm³/mol. The van der Waals surface area contributed by atoms with E-state index in [0.29, 0.717) is 19.3 Å². The van der Waals surface area contributed by atoms with Gasteiger partial charge in [-0.3, -0.25) is 14.4 Å². The molecule has 0 radical (unpaired) electrons. The first-order valence-corrected chi connectivity index (χ1v) is 34.0. The number of hydrogen-bond donors (Lipinski definition) is 0. The molecule has 0 aliphatic rings. The fraction of sp³-hybridized carbons (Fsp3) is 0.693. The third-order valence-electron chi connectivity index (χ3n) is 14.4. The zero-order valence-corrected chi connectivity index (χ0v) is 53.0. The summed E-state index contributed by atoms with van der Waals surface area (Å²) in [6, 6.07) is 0. The van der Waals surface area contributed by atoms with Crippen LogP contribution in [0.5, 0.6) is 0 Å². The molecule has 0 aliphatic carbocycles. The van der Waals surface area contributed by atoms with Crippen molar-refractivity contribution in [3.63, 3.8) is 0 Å². The highest BCUT2D eigenvalue weighted by molar-refractivity contribution is 5.71. The molecular weight excluding hydrogens is 997 g/mol. The Morgan fingerprint density at radius 2 is 0.506 bits per heavy atom. The molecule has 0 saturated carbocycles. The van der Waals surface area contributed by atoms with E-state index < -0.39 is 6.10 Å². The Bertz CT molecular complexity index is 1670. The van der Waals surface area contributed by atoms with Gasteiger partial charge in [-0.25, -0.2) is 0 Å². The number of rotatable bonds is 61. The van der Waals surface area contributed by atoms with Crippen LogP contribution in [0.1, 0.15) is 316 Å². The van der Waals surface area contributed by atoms with E-state index >= 15 is 0 Å². The second-order valence-corrected chi connectivity index (χ2v) is 22.3. The van der Waals surface area contributed by atoms with Gasteiger partial charge in [-0.1, -0.05) is 303 Å². The number of esters is 3. The standard InChI is InChI=1S/C75H126O6/c1-4-7-10-13-16-19-22-25-27-29-31-32-33-34-35-36-37-38-39-40-41-42-44-45-47-50-53-56-59-62-65-68-74(77)80-71-72(70-79-73(76)67-64-61-58-55-52-49-24-21-18-15-12-9-6-3)81-75(78)69-66-63-60-57-54-51-48-46-43-30-28-26-23-20-17-14-11-8-5-2/h7,9-10,12,16-21,25-28,31-32,49,52,58,61,72H,4-6,8,11,13-15,22-24,29-30,33-48,50-51,53-57,59-60,62-71H2,1-3H3/b10-7-,12-9-,19-16-,20-17-,21-18-,27-25-,28-26-,32-31-,52-49-,61-58-. The third-order valence-corrected chi connectivity index (χ3v) is 14.4. The summed E-state index contributed by atoms with van der Waals surface area (Å²) in [5.41, 5.74) is 0. The van der Waals surface area contributed by atoms with Gasteiger partial charge in [0.05, 0.1) is 0 Å². The summed E-state index contributed by atoms with van der Waals surface area (Å²) in [6.07, 6.45) is 95.3. The van der Waals surface area contributed by atoms with Crippen LogP contribution in [0.3, 0.4) is 0 Å². The molecule has 0 fully saturated rings. The van der Waals surface area contributed by atoms with Crippen molar-refractivity contribution in [1.29, 1.82) is 0 Å². The van der Waals surface area contributed by atoms with Crippen molar-refractivity contribution >= 4 is 17.9 Å². The number of carbonyl (C=O) groups is 3. The van der Waals surface area contributed by atoms with Gasteiger partial charge in [0, 0.05) is 19.3 Å². The van der Waals surface area contributed by atoms with Gasteiger partial charge in [0.15, 0.2) is 6.10 Å². The van der Waals surface area contributed by atoms with Crippen molar-refractivity contribution in [2.24, 2.45) is 0 Å². The van der Waals surface area contributed by atoms with E-state index in [1.807, 2.05) is 6.08 Å². The van der Waals surface area contributed by atoms with E-state index in [1.165, 1.54) is 173 Å². The molecule has 6 heteroatoms. The topological polar surface area (TPSA) is 78.9 Å². The average Bonchev–Trinajstić information content (AvgIpc) is 3.46. The summed E-state index contributed by atoms with van der Waals surface area (Å²) >= 11 is 0. The van der Waals surface area contributed by atoms with Crippen LogP contribution in [-0.2, 0) is 28.6 Å². The largest absolute Gasteiger partial charge is 0.462 e. The molecule has 0 bridgehead atoms. The molecule has 0 aromatic carbocycles. The summed E-state index contributed by atoms with van der Waals surface area (Å²) in [6.45, 7) is 6.35. The molecule has 6 nitrogen and oxygen atoms in total. The highest BCUT2D eigenvalue weighted by atomic mass is 16.6. The molecule has 1 unspecified atom stereocenters. The first-order valence-electron chi connectivity index (χ1n) is 34.0. The van der Waals surface area contributed by atoms with Gasteiger partial charge in [0.25, 0.3) is 0 Å². The molecule has 81 heavy (non-hydrogen) atoms. The summed E-state index contributed by atoms with van der Waals surface area (Å²) in [4.78, 5) is 38.3. The Hall–Kier alpha value is -4.19. The van der Waals surface area contributed by atoms with Crippen LogP contribution in [0.25, 0.3) is 0 Å². The molecule has 0 aliphatic heterocycles.